The van der Waals surface area contributed by atoms with Crippen LogP contribution in [0.3, 0.4) is 0 Å². The van der Waals surface area contributed by atoms with Gasteiger partial charge in [0.25, 0.3) is 0 Å². The molecule has 40 heavy (non-hydrogen) atoms. The molecule has 216 valence electrons. The molecule has 2 N–H and O–H groups in total. The Morgan fingerprint density at radius 2 is 2.05 bits per heavy atom. The normalized spacial score (nSPS) is 22.9. The minimum Gasteiger partial charge on any atom is -0.360 e. The molecule has 2 aliphatic rings. The van der Waals surface area contributed by atoms with Crippen molar-refractivity contribution in [1.29, 1.82) is 0 Å². The molecule has 0 spiro atoms. The number of anilines is 1. The van der Waals surface area contributed by atoms with Gasteiger partial charge in [0.2, 0.25) is 5.91 Å². The third-order valence-corrected chi connectivity index (χ3v) is 12.2. The van der Waals surface area contributed by atoms with Gasteiger partial charge >= 0.3 is 6.03 Å². The molecule has 2 saturated heterocycles. The highest BCUT2D eigenvalue weighted by molar-refractivity contribution is 7.92. The molecule has 3 aromatic heterocycles. The zero-order valence-corrected chi connectivity index (χ0v) is 24.8. The van der Waals surface area contributed by atoms with E-state index in [-0.39, 0.29) is 37.5 Å². The van der Waals surface area contributed by atoms with Gasteiger partial charge in [-0.1, -0.05) is 5.16 Å². The Balaban J connectivity index is 1.41. The molecule has 11 nitrogen and oxygen atoms in total. The summed E-state index contributed by atoms with van der Waals surface area (Å²) in [5.41, 5.74) is 3.55. The second kappa shape index (κ2) is 12.0. The SMILES string of the molecule is Cc1csc(-c2ccc([C@@]3(CC(=O)NOC4CCCCO4)CCN(C(=O)Nc4cc(C)on4)CCS3(=O)=O)s2)c1. The topological polar surface area (TPSA) is 140 Å². The Hall–Kier alpha value is -2.78. The van der Waals surface area contributed by atoms with Crippen molar-refractivity contribution in [2.75, 3.05) is 30.8 Å². The number of hydrogen-bond donors (Lipinski definition) is 2. The van der Waals surface area contributed by atoms with Crippen LogP contribution in [0.2, 0.25) is 0 Å². The van der Waals surface area contributed by atoms with Crippen LogP contribution in [0, 0.1) is 13.8 Å². The third-order valence-electron chi connectivity index (χ3n) is 7.08. The number of hydroxylamine groups is 1. The van der Waals surface area contributed by atoms with Gasteiger partial charge in [0, 0.05) is 46.8 Å². The number of nitrogens with zero attached hydrogens (tertiary/aromatic N) is 2. The number of urea groups is 1. The van der Waals surface area contributed by atoms with Gasteiger partial charge in [0.05, 0.1) is 12.2 Å². The average molecular weight is 609 g/mol. The molecule has 5 heterocycles. The van der Waals surface area contributed by atoms with E-state index in [1.165, 1.54) is 16.2 Å². The summed E-state index contributed by atoms with van der Waals surface area (Å²) in [6.45, 7) is 4.35. The summed E-state index contributed by atoms with van der Waals surface area (Å²) in [7, 11) is -3.90. The van der Waals surface area contributed by atoms with E-state index in [9.17, 15) is 18.0 Å². The van der Waals surface area contributed by atoms with Crippen molar-refractivity contribution < 1.29 is 32.1 Å². The van der Waals surface area contributed by atoms with E-state index in [0.29, 0.717) is 23.7 Å². The zero-order chi connectivity index (χ0) is 28.3. The van der Waals surface area contributed by atoms with Gasteiger partial charge < -0.3 is 14.2 Å². The van der Waals surface area contributed by atoms with Gasteiger partial charge in [-0.05, 0) is 62.3 Å². The van der Waals surface area contributed by atoms with E-state index in [4.69, 9.17) is 14.1 Å². The Bertz CT molecular complexity index is 1460. The molecule has 2 aliphatic heterocycles. The molecule has 0 aliphatic carbocycles. The van der Waals surface area contributed by atoms with Gasteiger partial charge in [0.15, 0.2) is 21.9 Å². The van der Waals surface area contributed by atoms with Gasteiger partial charge in [-0.25, -0.2) is 23.5 Å². The number of sulfone groups is 1. The Labute approximate surface area is 240 Å². The number of carbonyl (C=O) groups is 2. The molecule has 3 aromatic rings. The van der Waals surface area contributed by atoms with Crippen LogP contribution in [0.4, 0.5) is 10.6 Å². The van der Waals surface area contributed by atoms with Gasteiger partial charge in [-0.3, -0.25) is 10.1 Å². The van der Waals surface area contributed by atoms with E-state index in [0.717, 1.165) is 28.2 Å². The van der Waals surface area contributed by atoms with Gasteiger partial charge in [0.1, 0.15) is 10.5 Å². The molecule has 0 radical (unpaired) electrons. The largest absolute Gasteiger partial charge is 0.360 e. The second-order valence-corrected chi connectivity index (χ2v) is 14.5. The average Bonchev–Trinajstić information content (AvgIpc) is 3.67. The van der Waals surface area contributed by atoms with Crippen LogP contribution in [0.25, 0.3) is 9.75 Å². The van der Waals surface area contributed by atoms with E-state index >= 15 is 0 Å². The number of ether oxygens (including phenoxy) is 1. The van der Waals surface area contributed by atoms with Gasteiger partial charge in [-0.15, -0.1) is 22.7 Å². The van der Waals surface area contributed by atoms with Crippen molar-refractivity contribution in [2.24, 2.45) is 0 Å². The molecule has 2 fully saturated rings. The number of rotatable bonds is 7. The maximum atomic E-state index is 14.0. The van der Waals surface area contributed by atoms with Crippen molar-refractivity contribution in [3.05, 3.63) is 45.8 Å². The first-order valence-electron chi connectivity index (χ1n) is 13.1. The highest BCUT2D eigenvalue weighted by atomic mass is 32.2. The molecular weight excluding hydrogens is 577 g/mol. The van der Waals surface area contributed by atoms with Crippen LogP contribution < -0.4 is 10.8 Å². The Morgan fingerprint density at radius 1 is 1.20 bits per heavy atom. The third kappa shape index (κ3) is 6.25. The summed E-state index contributed by atoms with van der Waals surface area (Å²) in [6.07, 6.45) is 1.63. The first-order chi connectivity index (χ1) is 19.1. The Morgan fingerprint density at radius 3 is 2.75 bits per heavy atom. The van der Waals surface area contributed by atoms with Crippen molar-refractivity contribution in [3.8, 4) is 9.75 Å². The number of amides is 3. The van der Waals surface area contributed by atoms with Crippen LogP contribution in [0.5, 0.6) is 0 Å². The fraction of sp³-hybridized carbons (Fsp3) is 0.500. The highest BCUT2D eigenvalue weighted by Gasteiger charge is 2.50. The fourth-order valence-corrected chi connectivity index (χ4v) is 9.50. The van der Waals surface area contributed by atoms with Crippen molar-refractivity contribution in [2.45, 2.75) is 57.0 Å². The minimum atomic E-state index is -3.90. The first-order valence-corrected chi connectivity index (χ1v) is 16.4. The summed E-state index contributed by atoms with van der Waals surface area (Å²) >= 11 is 2.95. The van der Waals surface area contributed by atoms with Gasteiger partial charge in [-0.2, -0.15) is 0 Å². The molecule has 0 bridgehead atoms. The zero-order valence-electron chi connectivity index (χ0n) is 22.3. The summed E-state index contributed by atoms with van der Waals surface area (Å²) in [4.78, 5) is 35.6. The lowest BCUT2D eigenvalue weighted by molar-refractivity contribution is -0.200. The van der Waals surface area contributed by atoms with Crippen LogP contribution in [-0.2, 0) is 29.0 Å². The predicted octanol–water partition coefficient (Wildman–Crippen LogP) is 4.59. The predicted molar refractivity (Wildman–Crippen MR) is 152 cm³/mol. The number of nitrogens with one attached hydrogen (secondary N) is 2. The monoisotopic (exact) mass is 608 g/mol. The fourth-order valence-electron chi connectivity index (χ4n) is 4.89. The van der Waals surface area contributed by atoms with Crippen LogP contribution in [0.15, 0.2) is 34.2 Å². The van der Waals surface area contributed by atoms with Crippen molar-refractivity contribution in [3.63, 3.8) is 0 Å². The summed E-state index contributed by atoms with van der Waals surface area (Å²) < 4.78 is 37.0. The van der Waals surface area contributed by atoms with Crippen LogP contribution in [0.1, 0.15) is 48.3 Å². The number of thiophene rings is 2. The minimum absolute atomic E-state index is 0.0247. The number of hydrogen-bond acceptors (Lipinski definition) is 10. The maximum Gasteiger partial charge on any atom is 0.323 e. The lowest BCUT2D eigenvalue weighted by Gasteiger charge is -2.31. The quantitative estimate of drug-likeness (QED) is 0.371. The second-order valence-electron chi connectivity index (χ2n) is 10.1. The molecule has 0 saturated carbocycles. The molecule has 2 atom stereocenters. The standard InChI is InChI=1S/C26H32N4O7S3/c1-17-13-20(38-16-17)19-6-7-21(39-19)26(15-23(31)29-37-24-5-3-4-11-35-24)8-9-30(10-12-40(26,33)34)25(32)27-22-14-18(2)36-28-22/h6-7,13-14,16,24H,3-5,8-12,15H2,1-2H3,(H,29,31)(H,27,28,32)/t24?,26-/m0/s1. The number of carbonyl (C=O) groups excluding carboxylic acids is 2. The van der Waals surface area contributed by atoms with E-state index < -0.39 is 32.8 Å². The maximum absolute atomic E-state index is 14.0. The van der Waals surface area contributed by atoms with Crippen LogP contribution in [-0.4, -0.2) is 62.2 Å². The lowest BCUT2D eigenvalue weighted by Crippen LogP contribution is -2.43. The van der Waals surface area contributed by atoms with E-state index in [1.54, 1.807) is 30.4 Å². The van der Waals surface area contributed by atoms with E-state index in [2.05, 4.69) is 22.0 Å². The molecular formula is C26H32N4O7S3. The molecule has 5 rings (SSSR count). The van der Waals surface area contributed by atoms with E-state index in [1.807, 2.05) is 18.4 Å². The summed E-state index contributed by atoms with van der Waals surface area (Å²) in [6, 6.07) is 6.84. The number of aromatic nitrogens is 1. The molecule has 3 amide bonds. The summed E-state index contributed by atoms with van der Waals surface area (Å²) in [5.74, 6) is -0.0788. The molecule has 0 aromatic carbocycles. The highest BCUT2D eigenvalue weighted by Crippen LogP contribution is 2.46. The molecule has 1 unspecified atom stereocenters. The lowest BCUT2D eigenvalue weighted by atomic mass is 9.97. The Kier molecular flexibility index (Phi) is 8.61. The summed E-state index contributed by atoms with van der Waals surface area (Å²) in [5, 5.41) is 8.48. The number of aryl methyl sites for hydroxylation is 2. The van der Waals surface area contributed by atoms with Crippen molar-refractivity contribution >= 4 is 50.3 Å². The molecule has 14 heteroatoms. The van der Waals surface area contributed by atoms with Crippen molar-refractivity contribution in [1.82, 2.24) is 15.5 Å². The smallest absolute Gasteiger partial charge is 0.323 e. The van der Waals surface area contributed by atoms with Crippen LogP contribution >= 0.6 is 22.7 Å². The first kappa shape index (κ1) is 28.7.